The summed E-state index contributed by atoms with van der Waals surface area (Å²) in [5, 5.41) is 0. The number of hydrogen-bond acceptors (Lipinski definition) is 4. The summed E-state index contributed by atoms with van der Waals surface area (Å²) in [6.45, 7) is 12.9. The Morgan fingerprint density at radius 2 is 1.32 bits per heavy atom. The van der Waals surface area contributed by atoms with Crippen molar-refractivity contribution in [2.75, 3.05) is 38.4 Å². The lowest BCUT2D eigenvalue weighted by Crippen LogP contribution is -2.28. The smallest absolute Gasteiger partial charge is 0.485 e. The van der Waals surface area contributed by atoms with Gasteiger partial charge in [0.2, 0.25) is 0 Å². The van der Waals surface area contributed by atoms with Crippen molar-refractivity contribution in [2.45, 2.75) is 59.4 Å². The van der Waals surface area contributed by atoms with Gasteiger partial charge in [-0.1, -0.05) is 20.8 Å². The Morgan fingerprint density at radius 3 is 1.52 bits per heavy atom. The second-order valence-corrected chi connectivity index (χ2v) is 12.4. The average Bonchev–Trinajstić information content (AvgIpc) is 2.55. The molecule has 0 saturated carbocycles. The molecule has 0 aliphatic rings. The number of ether oxygens (including phenoxy) is 1. The number of rotatable bonds is 10. The van der Waals surface area contributed by atoms with Crippen LogP contribution in [0.25, 0.3) is 0 Å². The molecule has 0 aliphatic heterocycles. The van der Waals surface area contributed by atoms with Gasteiger partial charge in [0.25, 0.3) is 0 Å². The zero-order valence-electron chi connectivity index (χ0n) is 16.3. The predicted molar refractivity (Wildman–Crippen MR) is 98.7 cm³/mol. The summed E-state index contributed by atoms with van der Waals surface area (Å²) in [6, 6.07) is 0. The van der Waals surface area contributed by atoms with Crippen LogP contribution >= 0.6 is 7.26 Å². The lowest BCUT2D eigenvalue weighted by molar-refractivity contribution is -0.0517. The number of halogens is 3. The van der Waals surface area contributed by atoms with E-state index in [1.165, 1.54) is 43.9 Å². The van der Waals surface area contributed by atoms with E-state index in [0.29, 0.717) is 5.41 Å². The maximum absolute atomic E-state index is 10.7. The van der Waals surface area contributed by atoms with Crippen LogP contribution in [0.4, 0.5) is 13.2 Å². The molecule has 0 heterocycles. The fourth-order valence-corrected chi connectivity index (χ4v) is 7.27. The van der Waals surface area contributed by atoms with E-state index in [1.54, 1.807) is 0 Å². The number of hydrogen-bond donors (Lipinski definition) is 0. The van der Waals surface area contributed by atoms with Crippen LogP contribution < -0.4 is 0 Å². The number of alkyl halides is 3. The monoisotopic (exact) mass is 410 g/mol. The van der Waals surface area contributed by atoms with Gasteiger partial charge in [-0.3, -0.25) is 0 Å². The molecule has 4 nitrogen and oxygen atoms in total. The molecule has 0 N–H and O–H groups in total. The topological polar surface area (TPSA) is 66.4 Å². The van der Waals surface area contributed by atoms with Crippen LogP contribution in [-0.4, -0.2) is 56.8 Å². The molecule has 0 atom stereocenters. The molecule has 0 amide bonds. The third-order valence-electron chi connectivity index (χ3n) is 5.32. The fourth-order valence-electron chi connectivity index (χ4n) is 2.92. The molecule has 154 valence electrons. The maximum atomic E-state index is 10.7. The lowest BCUT2D eigenvalue weighted by Gasteiger charge is -2.37. The summed E-state index contributed by atoms with van der Waals surface area (Å²) in [5.41, 5.74) is -5.04. The van der Waals surface area contributed by atoms with Crippen LogP contribution in [0.15, 0.2) is 0 Å². The predicted octanol–water partition coefficient (Wildman–Crippen LogP) is 4.96. The molecule has 0 aromatic rings. The van der Waals surface area contributed by atoms with Crippen LogP contribution in [0.5, 0.6) is 0 Å². The summed E-state index contributed by atoms with van der Waals surface area (Å²) in [6.07, 6.45) is 9.64. The SMILES string of the molecule is CCC(CC)(CC)C[P+](CC)(CC)CCOC.O=S(=O)([O-])C(F)(F)F. The van der Waals surface area contributed by atoms with Crippen LogP contribution in [0, 0.1) is 5.41 Å². The highest BCUT2D eigenvalue weighted by Gasteiger charge is 2.41. The minimum Gasteiger partial charge on any atom is -0.741 e. The molecule has 0 saturated heterocycles. The van der Waals surface area contributed by atoms with Gasteiger partial charge in [0.05, 0.1) is 31.3 Å². The van der Waals surface area contributed by atoms with Gasteiger partial charge in [-0.25, -0.2) is 8.42 Å². The largest absolute Gasteiger partial charge is 0.741 e. The molecule has 0 aliphatic carbocycles. The third-order valence-corrected chi connectivity index (χ3v) is 11.0. The van der Waals surface area contributed by atoms with Crippen molar-refractivity contribution in [2.24, 2.45) is 5.41 Å². The van der Waals surface area contributed by atoms with E-state index in [4.69, 9.17) is 17.7 Å². The van der Waals surface area contributed by atoms with Gasteiger partial charge in [-0.05, 0) is 33.1 Å². The van der Waals surface area contributed by atoms with Crippen molar-refractivity contribution in [1.29, 1.82) is 0 Å². The van der Waals surface area contributed by atoms with Crippen LogP contribution in [0.1, 0.15) is 53.9 Å². The first-order valence-corrected chi connectivity index (χ1v) is 12.6. The molecule has 0 radical (unpaired) electrons. The lowest BCUT2D eigenvalue weighted by atomic mass is 9.82. The minimum absolute atomic E-state index is 0.605. The van der Waals surface area contributed by atoms with Gasteiger partial charge in [0, 0.05) is 19.8 Å². The fraction of sp³-hybridized carbons (Fsp3) is 1.00. The molecule has 0 aromatic heterocycles. The van der Waals surface area contributed by atoms with Gasteiger partial charge in [-0.2, -0.15) is 13.2 Å². The Labute approximate surface area is 152 Å². The van der Waals surface area contributed by atoms with Gasteiger partial charge in [-0.15, -0.1) is 0 Å². The normalized spacial score (nSPS) is 13.4. The quantitative estimate of drug-likeness (QED) is 0.290. The summed E-state index contributed by atoms with van der Waals surface area (Å²) < 4.78 is 64.2. The van der Waals surface area contributed by atoms with E-state index >= 15 is 0 Å². The van der Waals surface area contributed by atoms with Crippen molar-refractivity contribution in [3.05, 3.63) is 0 Å². The zero-order chi connectivity index (χ0) is 20.4. The molecule has 0 aromatic carbocycles. The molecule has 0 unspecified atom stereocenters. The van der Waals surface area contributed by atoms with E-state index in [2.05, 4.69) is 34.6 Å². The van der Waals surface area contributed by atoms with Crippen molar-refractivity contribution < 1.29 is 30.9 Å². The van der Waals surface area contributed by atoms with Gasteiger partial charge < -0.3 is 9.29 Å². The molecule has 0 bridgehead atoms. The van der Waals surface area contributed by atoms with Crippen molar-refractivity contribution in [3.8, 4) is 0 Å². The first-order valence-electron chi connectivity index (χ1n) is 8.68. The van der Waals surface area contributed by atoms with Crippen LogP contribution in [0.3, 0.4) is 0 Å². The van der Waals surface area contributed by atoms with Gasteiger partial charge in [0.15, 0.2) is 10.1 Å². The molecule has 0 fully saturated rings. The Kier molecular flexibility index (Phi) is 12.8. The maximum Gasteiger partial charge on any atom is 0.485 e. The van der Waals surface area contributed by atoms with E-state index in [0.717, 1.165) is 6.61 Å². The summed E-state index contributed by atoms with van der Waals surface area (Å²) in [7, 11) is -5.02. The Hall–Kier alpha value is 0.0900. The van der Waals surface area contributed by atoms with E-state index in [1.807, 2.05) is 7.11 Å². The van der Waals surface area contributed by atoms with Crippen LogP contribution in [0.2, 0.25) is 0 Å². The summed E-state index contributed by atoms with van der Waals surface area (Å²) in [5.74, 6) is 0. The first-order chi connectivity index (χ1) is 11.3. The molecule has 0 spiro atoms. The summed E-state index contributed by atoms with van der Waals surface area (Å²) in [4.78, 5) is 0. The standard InChI is InChI=1S/C15H34OP.CHF3O3S/c1-7-15(8-2,9-3)14-17(10-4,11-5)13-12-16-6;2-1(3,4)8(5,6)7/h7-14H2,1-6H3;(H,5,6,7)/q+1;/p-1. The highest BCUT2D eigenvalue weighted by Crippen LogP contribution is 2.62. The van der Waals surface area contributed by atoms with E-state index in [9.17, 15) is 13.2 Å². The van der Waals surface area contributed by atoms with Gasteiger partial charge in [0.1, 0.15) is 0 Å². The second-order valence-electron chi connectivity index (χ2n) is 6.31. The molecular formula is C16H34F3O4PS. The first kappa shape index (κ1) is 27.3. The minimum atomic E-state index is -6.09. The second kappa shape index (κ2) is 11.7. The van der Waals surface area contributed by atoms with Crippen molar-refractivity contribution in [3.63, 3.8) is 0 Å². The van der Waals surface area contributed by atoms with E-state index < -0.39 is 22.9 Å². The number of methoxy groups -OCH3 is 1. The zero-order valence-corrected chi connectivity index (χ0v) is 18.0. The van der Waals surface area contributed by atoms with Crippen molar-refractivity contribution in [1.82, 2.24) is 0 Å². The molecular weight excluding hydrogens is 376 g/mol. The summed E-state index contributed by atoms with van der Waals surface area (Å²) >= 11 is 0. The highest BCUT2D eigenvalue weighted by molar-refractivity contribution is 7.86. The molecule has 25 heavy (non-hydrogen) atoms. The highest BCUT2D eigenvalue weighted by atomic mass is 32.2. The Bertz CT molecular complexity index is 437. The Balaban J connectivity index is 0. The Morgan fingerprint density at radius 1 is 0.960 bits per heavy atom. The molecule has 9 heteroatoms. The van der Waals surface area contributed by atoms with Crippen LogP contribution in [-0.2, 0) is 14.9 Å². The van der Waals surface area contributed by atoms with E-state index in [-0.39, 0.29) is 0 Å². The average molecular weight is 410 g/mol. The van der Waals surface area contributed by atoms with Crippen molar-refractivity contribution >= 4 is 17.4 Å². The van der Waals surface area contributed by atoms with Gasteiger partial charge >= 0.3 is 5.51 Å². The third kappa shape index (κ3) is 9.55. The molecule has 0 rings (SSSR count).